The molecule has 0 radical (unpaired) electrons. The van der Waals surface area contributed by atoms with E-state index < -0.39 is 5.82 Å². The molecule has 0 saturated heterocycles. The molecular formula is C19H12ClFN4OS. The van der Waals surface area contributed by atoms with Crippen molar-refractivity contribution in [3.63, 3.8) is 0 Å². The quantitative estimate of drug-likeness (QED) is 0.638. The molecule has 3 aromatic rings. The van der Waals surface area contributed by atoms with Crippen LogP contribution in [0.25, 0.3) is 11.3 Å². The minimum Gasteiger partial charge on any atom is -0.325 e. The van der Waals surface area contributed by atoms with Gasteiger partial charge < -0.3 is 5.32 Å². The van der Waals surface area contributed by atoms with Gasteiger partial charge in [-0.05, 0) is 42.5 Å². The van der Waals surface area contributed by atoms with E-state index in [0.29, 0.717) is 22.0 Å². The van der Waals surface area contributed by atoms with E-state index in [1.54, 1.807) is 24.5 Å². The molecule has 2 heterocycles. The van der Waals surface area contributed by atoms with Gasteiger partial charge in [-0.3, -0.25) is 9.78 Å². The van der Waals surface area contributed by atoms with E-state index in [1.807, 2.05) is 12.1 Å². The summed E-state index contributed by atoms with van der Waals surface area (Å²) in [6.07, 6.45) is 3.31. The summed E-state index contributed by atoms with van der Waals surface area (Å²) in [7, 11) is 0. The van der Waals surface area contributed by atoms with Crippen LogP contribution in [0, 0.1) is 17.1 Å². The molecule has 0 bridgehead atoms. The lowest BCUT2D eigenvalue weighted by Gasteiger charge is -2.08. The highest BCUT2D eigenvalue weighted by Crippen LogP contribution is 2.25. The Kier molecular flexibility index (Phi) is 6.01. The number of carbonyl (C=O) groups is 1. The molecule has 0 atom stereocenters. The van der Waals surface area contributed by atoms with Crippen molar-refractivity contribution in [1.29, 1.82) is 5.26 Å². The van der Waals surface area contributed by atoms with E-state index in [2.05, 4.69) is 21.4 Å². The maximum atomic E-state index is 13.2. The summed E-state index contributed by atoms with van der Waals surface area (Å²) in [5.74, 6) is -0.835. The van der Waals surface area contributed by atoms with Gasteiger partial charge in [0.05, 0.1) is 22.0 Å². The molecule has 8 heteroatoms. The van der Waals surface area contributed by atoms with E-state index in [1.165, 1.54) is 18.2 Å². The molecule has 2 aromatic heterocycles. The predicted octanol–water partition coefficient (Wildman–Crippen LogP) is 4.54. The molecule has 0 aliphatic heterocycles. The van der Waals surface area contributed by atoms with Crippen molar-refractivity contribution >= 4 is 35.0 Å². The third-order valence-electron chi connectivity index (χ3n) is 3.50. The number of nitrogens with zero attached hydrogens (tertiary/aromatic N) is 3. The number of halogens is 2. The second-order valence-electron chi connectivity index (χ2n) is 5.36. The number of nitrogens with one attached hydrogen (secondary N) is 1. The minimum absolute atomic E-state index is 0.0382. The highest BCUT2D eigenvalue weighted by molar-refractivity contribution is 8.00. The van der Waals surface area contributed by atoms with Gasteiger partial charge in [0.25, 0.3) is 0 Å². The van der Waals surface area contributed by atoms with Crippen molar-refractivity contribution in [1.82, 2.24) is 9.97 Å². The number of anilines is 1. The van der Waals surface area contributed by atoms with Crippen LogP contribution in [0.4, 0.5) is 10.1 Å². The Morgan fingerprint density at radius 3 is 2.70 bits per heavy atom. The van der Waals surface area contributed by atoms with Crippen LogP contribution in [0.1, 0.15) is 5.56 Å². The van der Waals surface area contributed by atoms with E-state index in [9.17, 15) is 14.4 Å². The third kappa shape index (κ3) is 4.82. The lowest BCUT2D eigenvalue weighted by molar-refractivity contribution is -0.113. The van der Waals surface area contributed by atoms with E-state index >= 15 is 0 Å². The fourth-order valence-electron chi connectivity index (χ4n) is 2.22. The van der Waals surface area contributed by atoms with Crippen molar-refractivity contribution in [2.45, 2.75) is 5.03 Å². The molecule has 27 heavy (non-hydrogen) atoms. The summed E-state index contributed by atoms with van der Waals surface area (Å²) < 4.78 is 13.2. The largest absolute Gasteiger partial charge is 0.325 e. The summed E-state index contributed by atoms with van der Waals surface area (Å²) in [4.78, 5) is 20.6. The Balaban J connectivity index is 1.72. The lowest BCUT2D eigenvalue weighted by atomic mass is 10.1. The van der Waals surface area contributed by atoms with Gasteiger partial charge in [-0.2, -0.15) is 5.26 Å². The van der Waals surface area contributed by atoms with Crippen molar-refractivity contribution in [3.05, 3.63) is 71.3 Å². The lowest BCUT2D eigenvalue weighted by Crippen LogP contribution is -2.14. The fraction of sp³-hybridized carbons (Fsp3) is 0.0526. The average Bonchev–Trinajstić information content (AvgIpc) is 2.69. The summed E-state index contributed by atoms with van der Waals surface area (Å²) in [5, 5.41) is 12.3. The predicted molar refractivity (Wildman–Crippen MR) is 103 cm³/mol. The summed E-state index contributed by atoms with van der Waals surface area (Å²) in [6, 6.07) is 13.1. The molecule has 0 saturated carbocycles. The topological polar surface area (TPSA) is 78.7 Å². The molecule has 5 nitrogen and oxygen atoms in total. The molecule has 3 rings (SSSR count). The van der Waals surface area contributed by atoms with Crippen LogP contribution in [-0.4, -0.2) is 21.6 Å². The number of amides is 1. The summed E-state index contributed by atoms with van der Waals surface area (Å²) in [5.41, 5.74) is 2.33. The van der Waals surface area contributed by atoms with Crippen LogP contribution >= 0.6 is 23.4 Å². The normalized spacial score (nSPS) is 10.3. The van der Waals surface area contributed by atoms with Gasteiger partial charge in [-0.1, -0.05) is 23.4 Å². The van der Waals surface area contributed by atoms with Gasteiger partial charge in [0.15, 0.2) is 0 Å². The molecule has 1 aromatic carbocycles. The van der Waals surface area contributed by atoms with Crippen molar-refractivity contribution < 1.29 is 9.18 Å². The number of thioether (sulfide) groups is 1. The first kappa shape index (κ1) is 18.8. The highest BCUT2D eigenvalue weighted by atomic mass is 35.5. The number of pyridine rings is 2. The van der Waals surface area contributed by atoms with Crippen LogP contribution in [0.5, 0.6) is 0 Å². The van der Waals surface area contributed by atoms with Gasteiger partial charge in [-0.15, -0.1) is 0 Å². The van der Waals surface area contributed by atoms with Gasteiger partial charge >= 0.3 is 0 Å². The molecule has 0 spiro atoms. The first-order valence-corrected chi connectivity index (χ1v) is 9.12. The van der Waals surface area contributed by atoms with Crippen LogP contribution in [-0.2, 0) is 4.79 Å². The molecule has 0 unspecified atom stereocenters. The number of carbonyl (C=O) groups excluding carboxylic acids is 1. The molecule has 0 aliphatic carbocycles. The number of hydrogen-bond donors (Lipinski definition) is 1. The number of benzene rings is 1. The van der Waals surface area contributed by atoms with Gasteiger partial charge in [0.1, 0.15) is 16.9 Å². The minimum atomic E-state index is -0.556. The Bertz CT molecular complexity index is 1020. The zero-order chi connectivity index (χ0) is 19.2. The molecule has 0 fully saturated rings. The van der Waals surface area contributed by atoms with Gasteiger partial charge in [0, 0.05) is 23.6 Å². The van der Waals surface area contributed by atoms with Crippen LogP contribution < -0.4 is 5.32 Å². The second kappa shape index (κ2) is 8.62. The zero-order valence-corrected chi connectivity index (χ0v) is 15.4. The molecular weight excluding hydrogens is 387 g/mol. The number of rotatable bonds is 5. The molecule has 1 amide bonds. The van der Waals surface area contributed by atoms with Gasteiger partial charge in [0.2, 0.25) is 5.91 Å². The van der Waals surface area contributed by atoms with Crippen molar-refractivity contribution in [2.24, 2.45) is 0 Å². The SMILES string of the molecule is N#Cc1ccc(-c2ccncc2)nc1SCC(=O)Nc1ccc(F)c(Cl)c1. The first-order chi connectivity index (χ1) is 13.1. The zero-order valence-electron chi connectivity index (χ0n) is 13.8. The Hall–Kier alpha value is -2.95. The van der Waals surface area contributed by atoms with E-state index in [0.717, 1.165) is 17.3 Å². The van der Waals surface area contributed by atoms with Crippen molar-refractivity contribution in [2.75, 3.05) is 11.1 Å². The fourth-order valence-corrected chi connectivity index (χ4v) is 3.18. The van der Waals surface area contributed by atoms with E-state index in [4.69, 9.17) is 11.6 Å². The standard InChI is InChI=1S/C19H12ClFN4OS/c20-15-9-14(2-3-16(15)21)24-18(26)11-27-19-13(10-22)1-4-17(25-19)12-5-7-23-8-6-12/h1-9H,11H2,(H,24,26). The Morgan fingerprint density at radius 2 is 2.00 bits per heavy atom. The Morgan fingerprint density at radius 1 is 1.22 bits per heavy atom. The Labute approximate surface area is 164 Å². The maximum absolute atomic E-state index is 13.2. The smallest absolute Gasteiger partial charge is 0.234 e. The summed E-state index contributed by atoms with van der Waals surface area (Å²) >= 11 is 6.85. The van der Waals surface area contributed by atoms with Crippen molar-refractivity contribution in [3.8, 4) is 17.3 Å². The van der Waals surface area contributed by atoms with E-state index in [-0.39, 0.29) is 16.7 Å². The van der Waals surface area contributed by atoms with Gasteiger partial charge in [-0.25, -0.2) is 9.37 Å². The second-order valence-corrected chi connectivity index (χ2v) is 6.73. The highest BCUT2D eigenvalue weighted by Gasteiger charge is 2.11. The summed E-state index contributed by atoms with van der Waals surface area (Å²) in [6.45, 7) is 0. The van der Waals surface area contributed by atoms with Crippen LogP contribution in [0.15, 0.2) is 59.9 Å². The number of aromatic nitrogens is 2. The maximum Gasteiger partial charge on any atom is 0.234 e. The van der Waals surface area contributed by atoms with Crippen LogP contribution in [0.2, 0.25) is 5.02 Å². The number of hydrogen-bond acceptors (Lipinski definition) is 5. The monoisotopic (exact) mass is 398 g/mol. The average molecular weight is 399 g/mol. The third-order valence-corrected chi connectivity index (χ3v) is 4.78. The number of nitriles is 1. The molecule has 134 valence electrons. The first-order valence-electron chi connectivity index (χ1n) is 7.76. The molecule has 0 aliphatic rings. The molecule has 1 N–H and O–H groups in total. The van der Waals surface area contributed by atoms with Crippen LogP contribution in [0.3, 0.4) is 0 Å².